The van der Waals surface area contributed by atoms with Gasteiger partial charge in [-0.1, -0.05) is 11.6 Å². The second-order valence-corrected chi connectivity index (χ2v) is 4.78. The SMILES string of the molecule is CNC(c1cc(Cl)ccc1OC)C1(N)CC1. The van der Waals surface area contributed by atoms with Crippen LogP contribution in [0, 0.1) is 0 Å². The molecule has 0 radical (unpaired) electrons. The lowest BCUT2D eigenvalue weighted by atomic mass is 9.97. The molecule has 1 aromatic carbocycles. The van der Waals surface area contributed by atoms with Crippen LogP contribution < -0.4 is 15.8 Å². The highest BCUT2D eigenvalue weighted by molar-refractivity contribution is 6.30. The van der Waals surface area contributed by atoms with E-state index in [1.165, 1.54) is 0 Å². The van der Waals surface area contributed by atoms with Crippen molar-refractivity contribution in [3.8, 4) is 5.75 Å². The molecule has 1 aliphatic rings. The Morgan fingerprint density at radius 1 is 1.50 bits per heavy atom. The lowest BCUT2D eigenvalue weighted by Gasteiger charge is -2.25. The first kappa shape index (κ1) is 11.7. The molecule has 1 fully saturated rings. The van der Waals surface area contributed by atoms with Crippen LogP contribution in [-0.4, -0.2) is 19.7 Å². The third kappa shape index (κ3) is 2.03. The van der Waals surface area contributed by atoms with Gasteiger partial charge in [-0.15, -0.1) is 0 Å². The van der Waals surface area contributed by atoms with E-state index >= 15 is 0 Å². The number of likely N-dealkylation sites (N-methyl/N-ethyl adjacent to an activating group) is 1. The Hall–Kier alpha value is -0.770. The molecule has 1 unspecified atom stereocenters. The van der Waals surface area contributed by atoms with Gasteiger partial charge >= 0.3 is 0 Å². The van der Waals surface area contributed by atoms with Gasteiger partial charge in [-0.05, 0) is 38.1 Å². The minimum absolute atomic E-state index is 0.0983. The first-order valence-corrected chi connectivity index (χ1v) is 5.78. The molecule has 0 aliphatic heterocycles. The van der Waals surface area contributed by atoms with Crippen LogP contribution in [-0.2, 0) is 0 Å². The van der Waals surface area contributed by atoms with Crippen molar-refractivity contribution in [2.24, 2.45) is 5.73 Å². The number of ether oxygens (including phenoxy) is 1. The summed E-state index contributed by atoms with van der Waals surface area (Å²) in [5, 5.41) is 3.97. The van der Waals surface area contributed by atoms with Crippen molar-refractivity contribution in [3.05, 3.63) is 28.8 Å². The van der Waals surface area contributed by atoms with E-state index in [-0.39, 0.29) is 11.6 Å². The second-order valence-electron chi connectivity index (χ2n) is 4.34. The zero-order valence-electron chi connectivity index (χ0n) is 9.59. The molecule has 1 saturated carbocycles. The summed E-state index contributed by atoms with van der Waals surface area (Å²) in [6, 6.07) is 5.73. The van der Waals surface area contributed by atoms with E-state index in [1.54, 1.807) is 7.11 Å². The monoisotopic (exact) mass is 240 g/mol. The quantitative estimate of drug-likeness (QED) is 0.848. The van der Waals surface area contributed by atoms with Gasteiger partial charge in [0, 0.05) is 16.1 Å². The predicted octanol–water partition coefficient (Wildman–Crippen LogP) is 2.10. The summed E-state index contributed by atoms with van der Waals surface area (Å²) in [6.45, 7) is 0. The predicted molar refractivity (Wildman–Crippen MR) is 66.0 cm³/mol. The molecule has 16 heavy (non-hydrogen) atoms. The standard InChI is InChI=1S/C12H17ClN2O/c1-15-11(12(14)5-6-12)9-7-8(13)3-4-10(9)16-2/h3-4,7,11,15H,5-6,14H2,1-2H3. The molecule has 4 heteroatoms. The molecule has 2 rings (SSSR count). The molecule has 1 atom stereocenters. The molecule has 1 aromatic rings. The fourth-order valence-electron chi connectivity index (χ4n) is 2.12. The van der Waals surface area contributed by atoms with Crippen molar-refractivity contribution in [2.75, 3.05) is 14.2 Å². The number of hydrogen-bond donors (Lipinski definition) is 2. The summed E-state index contributed by atoms with van der Waals surface area (Å²) < 4.78 is 5.35. The molecule has 3 N–H and O–H groups in total. The Bertz CT molecular complexity index is 391. The van der Waals surface area contributed by atoms with E-state index in [0.717, 1.165) is 24.2 Å². The van der Waals surface area contributed by atoms with E-state index in [2.05, 4.69) is 5.32 Å². The molecular formula is C12H17ClN2O. The molecule has 88 valence electrons. The van der Waals surface area contributed by atoms with Crippen molar-refractivity contribution >= 4 is 11.6 Å². The first-order valence-electron chi connectivity index (χ1n) is 5.40. The number of benzene rings is 1. The summed E-state index contributed by atoms with van der Waals surface area (Å²) in [7, 11) is 3.58. The van der Waals surface area contributed by atoms with Crippen LogP contribution in [0.3, 0.4) is 0 Å². The van der Waals surface area contributed by atoms with Crippen molar-refractivity contribution in [3.63, 3.8) is 0 Å². The van der Waals surface area contributed by atoms with E-state index in [0.29, 0.717) is 5.02 Å². The topological polar surface area (TPSA) is 47.3 Å². The van der Waals surface area contributed by atoms with Gasteiger partial charge in [0.25, 0.3) is 0 Å². The summed E-state index contributed by atoms with van der Waals surface area (Å²) >= 11 is 6.02. The van der Waals surface area contributed by atoms with Gasteiger partial charge in [-0.25, -0.2) is 0 Å². The lowest BCUT2D eigenvalue weighted by molar-refractivity contribution is 0.386. The Morgan fingerprint density at radius 3 is 2.69 bits per heavy atom. The van der Waals surface area contributed by atoms with Crippen molar-refractivity contribution in [1.29, 1.82) is 0 Å². The number of nitrogens with two attached hydrogens (primary N) is 1. The van der Waals surface area contributed by atoms with Gasteiger partial charge in [-0.3, -0.25) is 0 Å². The smallest absolute Gasteiger partial charge is 0.123 e. The van der Waals surface area contributed by atoms with Gasteiger partial charge in [0.2, 0.25) is 0 Å². The van der Waals surface area contributed by atoms with E-state index in [4.69, 9.17) is 22.1 Å². The van der Waals surface area contributed by atoms with Crippen LogP contribution in [0.15, 0.2) is 18.2 Å². The molecule has 3 nitrogen and oxygen atoms in total. The molecule has 0 saturated heterocycles. The number of nitrogens with one attached hydrogen (secondary N) is 1. The second kappa shape index (κ2) is 4.24. The largest absolute Gasteiger partial charge is 0.496 e. The fraction of sp³-hybridized carbons (Fsp3) is 0.500. The summed E-state index contributed by atoms with van der Waals surface area (Å²) in [4.78, 5) is 0. The molecule has 0 aromatic heterocycles. The Kier molecular flexibility index (Phi) is 3.10. The van der Waals surface area contributed by atoms with Crippen molar-refractivity contribution in [1.82, 2.24) is 5.32 Å². The van der Waals surface area contributed by atoms with Crippen LogP contribution in [0.2, 0.25) is 5.02 Å². The Labute approximate surface area is 101 Å². The van der Waals surface area contributed by atoms with E-state index < -0.39 is 0 Å². The Morgan fingerprint density at radius 2 is 2.19 bits per heavy atom. The highest BCUT2D eigenvalue weighted by Crippen LogP contribution is 2.45. The van der Waals surface area contributed by atoms with Crippen LogP contribution >= 0.6 is 11.6 Å². The summed E-state index contributed by atoms with van der Waals surface area (Å²) in [6.07, 6.45) is 2.07. The number of rotatable bonds is 4. The van der Waals surface area contributed by atoms with Crippen LogP contribution in [0.4, 0.5) is 0 Å². The maximum Gasteiger partial charge on any atom is 0.123 e. The summed E-state index contributed by atoms with van der Waals surface area (Å²) in [5.74, 6) is 0.834. The molecule has 0 amide bonds. The highest BCUT2D eigenvalue weighted by atomic mass is 35.5. The van der Waals surface area contributed by atoms with Crippen LogP contribution in [0.1, 0.15) is 24.4 Å². The summed E-state index contributed by atoms with van der Waals surface area (Å²) in [5.41, 5.74) is 7.14. The molecule has 0 heterocycles. The minimum Gasteiger partial charge on any atom is -0.496 e. The first-order chi connectivity index (χ1) is 7.60. The number of methoxy groups -OCH3 is 1. The fourth-order valence-corrected chi connectivity index (χ4v) is 2.30. The molecule has 1 aliphatic carbocycles. The Balaban J connectivity index is 2.40. The zero-order valence-corrected chi connectivity index (χ0v) is 10.3. The molecular weight excluding hydrogens is 224 g/mol. The number of hydrogen-bond acceptors (Lipinski definition) is 3. The van der Waals surface area contributed by atoms with Crippen LogP contribution in [0.25, 0.3) is 0 Å². The zero-order chi connectivity index (χ0) is 11.8. The minimum atomic E-state index is -0.146. The van der Waals surface area contributed by atoms with Gasteiger partial charge < -0.3 is 15.8 Å². The molecule has 0 spiro atoms. The van der Waals surface area contributed by atoms with E-state index in [9.17, 15) is 0 Å². The normalized spacial score (nSPS) is 19.2. The third-order valence-corrected chi connectivity index (χ3v) is 3.43. The van der Waals surface area contributed by atoms with Crippen molar-refractivity contribution in [2.45, 2.75) is 24.4 Å². The van der Waals surface area contributed by atoms with Gasteiger partial charge in [0.15, 0.2) is 0 Å². The van der Waals surface area contributed by atoms with Gasteiger partial charge in [0.1, 0.15) is 5.75 Å². The van der Waals surface area contributed by atoms with Gasteiger partial charge in [0.05, 0.1) is 13.2 Å². The van der Waals surface area contributed by atoms with Crippen molar-refractivity contribution < 1.29 is 4.74 Å². The average Bonchev–Trinajstić information content (AvgIpc) is 2.98. The lowest BCUT2D eigenvalue weighted by Crippen LogP contribution is -2.38. The average molecular weight is 241 g/mol. The van der Waals surface area contributed by atoms with E-state index in [1.807, 2.05) is 25.2 Å². The highest BCUT2D eigenvalue weighted by Gasteiger charge is 2.46. The maximum atomic E-state index is 6.25. The van der Waals surface area contributed by atoms with Crippen LogP contribution in [0.5, 0.6) is 5.75 Å². The number of halogens is 1. The maximum absolute atomic E-state index is 6.25. The third-order valence-electron chi connectivity index (χ3n) is 3.19. The molecule has 0 bridgehead atoms. The van der Waals surface area contributed by atoms with Gasteiger partial charge in [-0.2, -0.15) is 0 Å².